The van der Waals surface area contributed by atoms with E-state index in [4.69, 9.17) is 9.47 Å². The molecular formula is C22H28N2O4. The quantitative estimate of drug-likeness (QED) is 0.681. The highest BCUT2D eigenvalue weighted by Crippen LogP contribution is 2.17. The third kappa shape index (κ3) is 6.95. The minimum Gasteiger partial charge on any atom is -0.497 e. The molecule has 150 valence electrons. The van der Waals surface area contributed by atoms with Gasteiger partial charge < -0.3 is 19.7 Å². The Morgan fingerprint density at radius 2 is 1.61 bits per heavy atom. The standard InChI is InChI=1S/C22H28N2O4/c1-4-18-5-7-19(8-6-18)23-22(26)13-14-24(17(2)25)15-16-28-21-11-9-20(27-3)10-12-21/h5-12H,4,13-16H2,1-3H3,(H,23,26). The molecule has 6 nitrogen and oxygen atoms in total. The number of methoxy groups -OCH3 is 1. The average Bonchev–Trinajstić information content (AvgIpc) is 2.71. The number of benzene rings is 2. The Morgan fingerprint density at radius 3 is 2.18 bits per heavy atom. The number of aryl methyl sites for hydroxylation is 1. The van der Waals surface area contributed by atoms with Gasteiger partial charge in [0.1, 0.15) is 18.1 Å². The number of nitrogens with one attached hydrogen (secondary N) is 1. The molecule has 0 saturated heterocycles. The maximum atomic E-state index is 12.2. The lowest BCUT2D eigenvalue weighted by atomic mass is 10.1. The molecule has 0 aliphatic heterocycles. The van der Waals surface area contributed by atoms with Crippen LogP contribution in [0.4, 0.5) is 5.69 Å². The molecule has 0 fully saturated rings. The van der Waals surface area contributed by atoms with Crippen molar-refractivity contribution >= 4 is 17.5 Å². The summed E-state index contributed by atoms with van der Waals surface area (Å²) in [6, 6.07) is 15.0. The van der Waals surface area contributed by atoms with Gasteiger partial charge in [-0.05, 0) is 48.4 Å². The molecule has 0 heterocycles. The number of carbonyl (C=O) groups excluding carboxylic acids is 2. The first-order valence-electron chi connectivity index (χ1n) is 9.43. The zero-order valence-electron chi connectivity index (χ0n) is 16.7. The van der Waals surface area contributed by atoms with Gasteiger partial charge in [-0.25, -0.2) is 0 Å². The van der Waals surface area contributed by atoms with Crippen molar-refractivity contribution in [1.29, 1.82) is 0 Å². The number of rotatable bonds is 10. The summed E-state index contributed by atoms with van der Waals surface area (Å²) >= 11 is 0. The van der Waals surface area contributed by atoms with Crippen LogP contribution in [0, 0.1) is 0 Å². The van der Waals surface area contributed by atoms with Gasteiger partial charge in [-0.1, -0.05) is 19.1 Å². The molecule has 0 unspecified atom stereocenters. The maximum Gasteiger partial charge on any atom is 0.226 e. The van der Waals surface area contributed by atoms with Crippen molar-refractivity contribution in [2.45, 2.75) is 26.7 Å². The van der Waals surface area contributed by atoms with E-state index in [1.807, 2.05) is 48.5 Å². The molecule has 0 bridgehead atoms. The van der Waals surface area contributed by atoms with Crippen molar-refractivity contribution in [3.8, 4) is 11.5 Å². The predicted molar refractivity (Wildman–Crippen MR) is 110 cm³/mol. The Labute approximate surface area is 166 Å². The number of amides is 2. The maximum absolute atomic E-state index is 12.2. The molecule has 2 aromatic carbocycles. The van der Waals surface area contributed by atoms with Crippen LogP contribution in [0.3, 0.4) is 0 Å². The van der Waals surface area contributed by atoms with Crippen LogP contribution in [0.25, 0.3) is 0 Å². The number of carbonyl (C=O) groups is 2. The SMILES string of the molecule is CCc1ccc(NC(=O)CCN(CCOc2ccc(OC)cc2)C(C)=O)cc1. The molecule has 0 aliphatic rings. The van der Waals surface area contributed by atoms with Gasteiger partial charge in [0.05, 0.1) is 13.7 Å². The summed E-state index contributed by atoms with van der Waals surface area (Å²) in [7, 11) is 1.61. The second-order valence-corrected chi connectivity index (χ2v) is 6.38. The van der Waals surface area contributed by atoms with Crippen LogP contribution in [-0.4, -0.2) is 43.5 Å². The lowest BCUT2D eigenvalue weighted by molar-refractivity contribution is -0.129. The topological polar surface area (TPSA) is 67.9 Å². The number of hydrogen-bond acceptors (Lipinski definition) is 4. The minimum atomic E-state index is -0.119. The summed E-state index contributed by atoms with van der Waals surface area (Å²) in [5.41, 5.74) is 1.98. The van der Waals surface area contributed by atoms with Crippen molar-refractivity contribution in [2.75, 3.05) is 32.1 Å². The third-order valence-corrected chi connectivity index (χ3v) is 4.39. The minimum absolute atomic E-state index is 0.0848. The zero-order chi connectivity index (χ0) is 20.4. The monoisotopic (exact) mass is 384 g/mol. The van der Waals surface area contributed by atoms with Crippen LogP contribution in [0.1, 0.15) is 25.8 Å². The zero-order valence-corrected chi connectivity index (χ0v) is 16.7. The van der Waals surface area contributed by atoms with Crippen molar-refractivity contribution in [3.05, 3.63) is 54.1 Å². The largest absolute Gasteiger partial charge is 0.497 e. The fourth-order valence-corrected chi connectivity index (χ4v) is 2.66. The Bertz CT molecular complexity index is 757. The molecule has 0 radical (unpaired) electrons. The third-order valence-electron chi connectivity index (χ3n) is 4.39. The molecule has 2 rings (SSSR count). The van der Waals surface area contributed by atoms with E-state index in [0.717, 1.165) is 17.9 Å². The lowest BCUT2D eigenvalue weighted by Gasteiger charge is -2.21. The fourth-order valence-electron chi connectivity index (χ4n) is 2.66. The summed E-state index contributed by atoms with van der Waals surface area (Å²) < 4.78 is 10.8. The second kappa shape index (κ2) is 11.0. The molecule has 6 heteroatoms. The molecule has 0 saturated carbocycles. The van der Waals surface area contributed by atoms with Crippen molar-refractivity contribution in [1.82, 2.24) is 4.90 Å². The van der Waals surface area contributed by atoms with Gasteiger partial charge in [-0.2, -0.15) is 0 Å². The van der Waals surface area contributed by atoms with Gasteiger partial charge in [0.2, 0.25) is 11.8 Å². The molecule has 0 aromatic heterocycles. The molecular weight excluding hydrogens is 356 g/mol. The van der Waals surface area contributed by atoms with Crippen LogP contribution in [0.15, 0.2) is 48.5 Å². The number of nitrogens with zero attached hydrogens (tertiary/aromatic N) is 1. The highest BCUT2D eigenvalue weighted by atomic mass is 16.5. The van der Waals surface area contributed by atoms with E-state index < -0.39 is 0 Å². The molecule has 0 atom stereocenters. The van der Waals surface area contributed by atoms with E-state index in [1.54, 1.807) is 12.0 Å². The van der Waals surface area contributed by atoms with E-state index in [1.165, 1.54) is 12.5 Å². The molecule has 28 heavy (non-hydrogen) atoms. The number of anilines is 1. The molecule has 2 amide bonds. The van der Waals surface area contributed by atoms with Crippen LogP contribution < -0.4 is 14.8 Å². The Hall–Kier alpha value is -3.02. The van der Waals surface area contributed by atoms with E-state index in [0.29, 0.717) is 25.4 Å². The Kier molecular flexibility index (Phi) is 8.34. The van der Waals surface area contributed by atoms with Crippen molar-refractivity contribution in [2.24, 2.45) is 0 Å². The average molecular weight is 384 g/mol. The van der Waals surface area contributed by atoms with Gasteiger partial charge in [0.15, 0.2) is 0 Å². The van der Waals surface area contributed by atoms with Gasteiger partial charge in [-0.15, -0.1) is 0 Å². The Balaban J connectivity index is 1.76. The van der Waals surface area contributed by atoms with Crippen LogP contribution in [-0.2, 0) is 16.0 Å². The van der Waals surface area contributed by atoms with Crippen LogP contribution >= 0.6 is 0 Å². The van der Waals surface area contributed by atoms with E-state index in [2.05, 4.69) is 12.2 Å². The van der Waals surface area contributed by atoms with Gasteiger partial charge >= 0.3 is 0 Å². The first-order chi connectivity index (χ1) is 13.5. The summed E-state index contributed by atoms with van der Waals surface area (Å²) in [6.07, 6.45) is 1.19. The molecule has 0 spiro atoms. The highest BCUT2D eigenvalue weighted by molar-refractivity contribution is 5.91. The lowest BCUT2D eigenvalue weighted by Crippen LogP contribution is -2.35. The van der Waals surface area contributed by atoms with Gasteiger partial charge in [0, 0.05) is 25.6 Å². The summed E-state index contributed by atoms with van der Waals surface area (Å²) in [5, 5.41) is 2.86. The van der Waals surface area contributed by atoms with Crippen molar-refractivity contribution in [3.63, 3.8) is 0 Å². The van der Waals surface area contributed by atoms with Crippen LogP contribution in [0.5, 0.6) is 11.5 Å². The molecule has 0 aliphatic carbocycles. The smallest absolute Gasteiger partial charge is 0.226 e. The first kappa shape index (κ1) is 21.3. The van der Waals surface area contributed by atoms with Crippen molar-refractivity contribution < 1.29 is 19.1 Å². The van der Waals surface area contributed by atoms with E-state index in [9.17, 15) is 9.59 Å². The first-order valence-corrected chi connectivity index (χ1v) is 9.43. The van der Waals surface area contributed by atoms with Crippen LogP contribution in [0.2, 0.25) is 0 Å². The normalized spacial score (nSPS) is 10.2. The fraction of sp³-hybridized carbons (Fsp3) is 0.364. The summed E-state index contributed by atoms with van der Waals surface area (Å²) in [5.74, 6) is 1.26. The van der Waals surface area contributed by atoms with Gasteiger partial charge in [-0.3, -0.25) is 9.59 Å². The van der Waals surface area contributed by atoms with Gasteiger partial charge in [0.25, 0.3) is 0 Å². The Morgan fingerprint density at radius 1 is 0.964 bits per heavy atom. The van der Waals surface area contributed by atoms with E-state index in [-0.39, 0.29) is 18.2 Å². The summed E-state index contributed by atoms with van der Waals surface area (Å²) in [4.78, 5) is 25.6. The predicted octanol–water partition coefficient (Wildman–Crippen LogP) is 3.51. The molecule has 2 aromatic rings. The summed E-state index contributed by atoms with van der Waals surface area (Å²) in [6.45, 7) is 4.70. The second-order valence-electron chi connectivity index (χ2n) is 6.38. The number of ether oxygens (including phenoxy) is 2. The highest BCUT2D eigenvalue weighted by Gasteiger charge is 2.12. The number of hydrogen-bond donors (Lipinski definition) is 1. The van der Waals surface area contributed by atoms with E-state index >= 15 is 0 Å². The molecule has 1 N–H and O–H groups in total.